The average Bonchev–Trinajstić information content (AvgIpc) is 3.44. The zero-order valence-corrected chi connectivity index (χ0v) is 18.8. The Morgan fingerprint density at radius 2 is 1.94 bits per heavy atom. The predicted octanol–water partition coefficient (Wildman–Crippen LogP) is 3.59. The number of carbonyl (C=O) groups excluding carboxylic acids is 2. The number of aromatic nitrogens is 1. The van der Waals surface area contributed by atoms with Crippen LogP contribution in [0.4, 0.5) is 0 Å². The van der Waals surface area contributed by atoms with Crippen molar-refractivity contribution in [2.45, 2.75) is 51.6 Å². The van der Waals surface area contributed by atoms with Crippen LogP contribution in [-0.4, -0.2) is 53.0 Å². The van der Waals surface area contributed by atoms with Gasteiger partial charge in [-0.25, -0.2) is 0 Å². The molecule has 0 saturated heterocycles. The summed E-state index contributed by atoms with van der Waals surface area (Å²) in [7, 11) is 3.62. The zero-order chi connectivity index (χ0) is 22.1. The predicted molar refractivity (Wildman–Crippen MR) is 118 cm³/mol. The molecule has 0 radical (unpaired) electrons. The van der Waals surface area contributed by atoms with Crippen LogP contribution in [0.15, 0.2) is 41.1 Å². The first-order chi connectivity index (χ1) is 15.1. The van der Waals surface area contributed by atoms with Crippen molar-refractivity contribution < 1.29 is 18.7 Å². The molecule has 0 N–H and O–H groups in total. The van der Waals surface area contributed by atoms with Crippen molar-refractivity contribution in [3.63, 3.8) is 0 Å². The molecule has 0 atom stereocenters. The van der Waals surface area contributed by atoms with Crippen molar-refractivity contribution in [2.75, 3.05) is 26.8 Å². The summed E-state index contributed by atoms with van der Waals surface area (Å²) in [5, 5.41) is 0. The maximum absolute atomic E-state index is 13.4. The van der Waals surface area contributed by atoms with Gasteiger partial charge in [0.05, 0.1) is 25.9 Å². The maximum Gasteiger partial charge on any atom is 0.242 e. The minimum absolute atomic E-state index is 0.0375. The summed E-state index contributed by atoms with van der Waals surface area (Å²) in [6, 6.07) is 7.67. The Bertz CT molecular complexity index is 809. The Labute approximate surface area is 184 Å². The summed E-state index contributed by atoms with van der Waals surface area (Å²) in [5.74, 6) is 0.808. The Balaban J connectivity index is 1.72. The highest BCUT2D eigenvalue weighted by molar-refractivity contribution is 5.86. The van der Waals surface area contributed by atoms with Gasteiger partial charge in [-0.05, 0) is 43.5 Å². The van der Waals surface area contributed by atoms with Gasteiger partial charge in [0.15, 0.2) is 0 Å². The van der Waals surface area contributed by atoms with Crippen LogP contribution >= 0.6 is 0 Å². The van der Waals surface area contributed by atoms with Crippen LogP contribution in [0.3, 0.4) is 0 Å². The fraction of sp³-hybridized carbons (Fsp3) is 0.583. The van der Waals surface area contributed by atoms with Crippen molar-refractivity contribution in [3.8, 4) is 0 Å². The van der Waals surface area contributed by atoms with E-state index in [1.165, 1.54) is 6.42 Å². The van der Waals surface area contributed by atoms with Crippen LogP contribution in [0, 0.1) is 5.92 Å². The minimum atomic E-state index is -0.0702. The lowest BCUT2D eigenvalue weighted by atomic mass is 9.88. The van der Waals surface area contributed by atoms with Crippen LogP contribution < -0.4 is 0 Å². The van der Waals surface area contributed by atoms with Gasteiger partial charge < -0.3 is 23.5 Å². The molecule has 1 aliphatic rings. The molecule has 7 heteroatoms. The Morgan fingerprint density at radius 3 is 2.58 bits per heavy atom. The van der Waals surface area contributed by atoms with E-state index in [-0.39, 0.29) is 24.3 Å². The quantitative estimate of drug-likeness (QED) is 0.512. The number of carbonyl (C=O) groups is 2. The van der Waals surface area contributed by atoms with Gasteiger partial charge in [-0.1, -0.05) is 19.3 Å². The Kier molecular flexibility index (Phi) is 8.76. The first kappa shape index (κ1) is 23.1. The van der Waals surface area contributed by atoms with Crippen molar-refractivity contribution in [3.05, 3.63) is 48.2 Å². The van der Waals surface area contributed by atoms with Crippen molar-refractivity contribution >= 4 is 11.8 Å². The number of nitrogens with zero attached hydrogens (tertiary/aromatic N) is 3. The molecule has 1 saturated carbocycles. The maximum atomic E-state index is 13.4. The minimum Gasteiger partial charge on any atom is -0.467 e. The van der Waals surface area contributed by atoms with E-state index in [2.05, 4.69) is 0 Å². The first-order valence-corrected chi connectivity index (χ1v) is 11.3. The lowest BCUT2D eigenvalue weighted by molar-refractivity contribution is -0.144. The Morgan fingerprint density at radius 1 is 1.13 bits per heavy atom. The second-order valence-corrected chi connectivity index (χ2v) is 8.38. The number of rotatable bonds is 11. The third-order valence-corrected chi connectivity index (χ3v) is 6.05. The van der Waals surface area contributed by atoms with Crippen LogP contribution in [0.5, 0.6) is 0 Å². The van der Waals surface area contributed by atoms with Gasteiger partial charge >= 0.3 is 0 Å². The van der Waals surface area contributed by atoms with Crippen LogP contribution in [-0.2, 0) is 34.5 Å². The molecule has 170 valence electrons. The summed E-state index contributed by atoms with van der Waals surface area (Å²) >= 11 is 0. The average molecular weight is 430 g/mol. The molecule has 2 heterocycles. The summed E-state index contributed by atoms with van der Waals surface area (Å²) in [6.45, 7) is 2.03. The molecule has 1 aliphatic carbocycles. The molecular formula is C24H35N3O4. The third kappa shape index (κ3) is 6.72. The highest BCUT2D eigenvalue weighted by atomic mass is 16.5. The fourth-order valence-corrected chi connectivity index (χ4v) is 4.22. The number of amides is 2. The van der Waals surface area contributed by atoms with E-state index in [9.17, 15) is 9.59 Å². The topological polar surface area (TPSA) is 67.9 Å². The van der Waals surface area contributed by atoms with Crippen molar-refractivity contribution in [1.29, 1.82) is 0 Å². The molecule has 2 aromatic heterocycles. The van der Waals surface area contributed by atoms with Crippen molar-refractivity contribution in [1.82, 2.24) is 14.4 Å². The summed E-state index contributed by atoms with van der Waals surface area (Å²) in [5.41, 5.74) is 1.03. The standard InChI is InChI=1S/C24H35N3O4/c1-25-13-6-11-21(25)17-27(18-22-12-7-16-31-22)23(28)19-26(14-8-15-30-2)24(29)20-9-4-3-5-10-20/h6-7,11-13,16,20H,3-5,8-10,14-15,17-19H2,1-2H3. The second kappa shape index (κ2) is 11.7. The third-order valence-electron chi connectivity index (χ3n) is 6.05. The van der Waals surface area contributed by atoms with E-state index >= 15 is 0 Å². The van der Waals surface area contributed by atoms with Gasteiger partial charge in [0.2, 0.25) is 11.8 Å². The van der Waals surface area contributed by atoms with Crippen LogP contribution in [0.2, 0.25) is 0 Å². The number of hydrogen-bond donors (Lipinski definition) is 0. The molecule has 0 aliphatic heterocycles. The lowest BCUT2D eigenvalue weighted by Gasteiger charge is -2.31. The highest BCUT2D eigenvalue weighted by Gasteiger charge is 2.28. The molecule has 0 bridgehead atoms. The van der Waals surface area contributed by atoms with Crippen molar-refractivity contribution in [2.24, 2.45) is 13.0 Å². The van der Waals surface area contributed by atoms with Gasteiger partial charge in [0.25, 0.3) is 0 Å². The monoisotopic (exact) mass is 429 g/mol. The van der Waals surface area contributed by atoms with Gasteiger partial charge in [0, 0.05) is 45.1 Å². The largest absolute Gasteiger partial charge is 0.467 e. The van der Waals surface area contributed by atoms with Crippen LogP contribution in [0.25, 0.3) is 0 Å². The number of aryl methyl sites for hydroxylation is 1. The molecule has 0 spiro atoms. The number of hydrogen-bond acceptors (Lipinski definition) is 4. The summed E-state index contributed by atoms with van der Waals surface area (Å²) in [4.78, 5) is 30.1. The van der Waals surface area contributed by atoms with E-state index < -0.39 is 0 Å². The number of ether oxygens (including phenoxy) is 1. The first-order valence-electron chi connectivity index (χ1n) is 11.3. The van der Waals surface area contributed by atoms with Crippen LogP contribution in [0.1, 0.15) is 50.0 Å². The molecular weight excluding hydrogens is 394 g/mol. The van der Waals surface area contributed by atoms with E-state index in [0.29, 0.717) is 26.2 Å². The zero-order valence-electron chi connectivity index (χ0n) is 18.8. The SMILES string of the molecule is COCCCN(CC(=O)N(Cc1ccco1)Cc1cccn1C)C(=O)C1CCCCC1. The summed E-state index contributed by atoms with van der Waals surface area (Å²) < 4.78 is 12.7. The Hall–Kier alpha value is -2.54. The molecule has 3 rings (SSSR count). The molecule has 1 fully saturated rings. The van der Waals surface area contributed by atoms with E-state index in [1.54, 1.807) is 23.2 Å². The highest BCUT2D eigenvalue weighted by Crippen LogP contribution is 2.25. The molecule has 2 aromatic rings. The normalized spacial score (nSPS) is 14.5. The second-order valence-electron chi connectivity index (χ2n) is 8.38. The fourth-order valence-electron chi connectivity index (χ4n) is 4.22. The lowest BCUT2D eigenvalue weighted by Crippen LogP contribution is -2.45. The summed E-state index contributed by atoms with van der Waals surface area (Å²) in [6.07, 6.45) is 9.53. The number of methoxy groups -OCH3 is 1. The molecule has 2 amide bonds. The van der Waals surface area contributed by atoms with E-state index in [4.69, 9.17) is 9.15 Å². The van der Waals surface area contributed by atoms with Gasteiger partial charge in [-0.3, -0.25) is 9.59 Å². The van der Waals surface area contributed by atoms with E-state index in [0.717, 1.165) is 43.6 Å². The number of furan rings is 1. The van der Waals surface area contributed by atoms with Gasteiger partial charge in [0.1, 0.15) is 5.76 Å². The molecule has 0 unspecified atom stereocenters. The smallest absolute Gasteiger partial charge is 0.242 e. The molecule has 31 heavy (non-hydrogen) atoms. The van der Waals surface area contributed by atoms with E-state index in [1.807, 2.05) is 42.1 Å². The van der Waals surface area contributed by atoms with Gasteiger partial charge in [-0.15, -0.1) is 0 Å². The van der Waals surface area contributed by atoms with Gasteiger partial charge in [-0.2, -0.15) is 0 Å². The molecule has 0 aromatic carbocycles. The molecule has 7 nitrogen and oxygen atoms in total.